The fraction of sp³-hybridized carbons (Fsp3) is 0.324. The lowest BCUT2D eigenvalue weighted by Gasteiger charge is -2.36. The summed E-state index contributed by atoms with van der Waals surface area (Å²) in [6, 6.07) is 27.7. The average Bonchev–Trinajstić information content (AvgIpc) is 2.91. The molecule has 0 fully saturated rings. The zero-order valence-electron chi connectivity index (χ0n) is 22.9. The van der Waals surface area contributed by atoms with Gasteiger partial charge in [-0.25, -0.2) is 0 Å². The van der Waals surface area contributed by atoms with E-state index in [1.165, 1.54) is 33.1 Å². The van der Waals surface area contributed by atoms with Crippen molar-refractivity contribution in [3.63, 3.8) is 0 Å². The minimum Gasteiger partial charge on any atom is -0.488 e. The molecule has 0 spiro atoms. The van der Waals surface area contributed by atoms with Gasteiger partial charge in [0.2, 0.25) is 0 Å². The molecular weight excluding hydrogens is 469 g/mol. The van der Waals surface area contributed by atoms with E-state index in [1.807, 2.05) is 7.05 Å². The second-order valence-corrected chi connectivity index (χ2v) is 12.1. The third kappa shape index (κ3) is 6.31. The number of rotatable bonds is 10. The van der Waals surface area contributed by atoms with E-state index in [4.69, 9.17) is 9.73 Å². The van der Waals surface area contributed by atoms with Gasteiger partial charge in [0.25, 0.3) is 0 Å². The molecule has 0 bridgehead atoms. The molecule has 3 aromatic rings. The highest BCUT2D eigenvalue weighted by Crippen LogP contribution is 2.56. The average molecular weight is 510 g/mol. The molecule has 2 nitrogen and oxygen atoms in total. The van der Waals surface area contributed by atoms with Crippen LogP contribution >= 0.6 is 8.58 Å². The second-order valence-electron chi connectivity index (χ2n) is 10.2. The van der Waals surface area contributed by atoms with Gasteiger partial charge in [0, 0.05) is 28.9 Å². The lowest BCUT2D eigenvalue weighted by molar-refractivity contribution is 0.297. The largest absolute Gasteiger partial charge is 0.488 e. The molecule has 0 aliphatic heterocycles. The van der Waals surface area contributed by atoms with E-state index in [0.29, 0.717) is 21.1 Å². The van der Waals surface area contributed by atoms with Gasteiger partial charge in [0.15, 0.2) is 0 Å². The predicted octanol–water partition coefficient (Wildman–Crippen LogP) is 9.24. The molecule has 192 valence electrons. The number of benzene rings is 3. The van der Waals surface area contributed by atoms with Gasteiger partial charge in [-0.3, -0.25) is 4.99 Å². The third-order valence-electron chi connectivity index (χ3n) is 7.28. The molecule has 0 aromatic heterocycles. The van der Waals surface area contributed by atoms with Crippen molar-refractivity contribution in [3.05, 3.63) is 124 Å². The fourth-order valence-electron chi connectivity index (χ4n) is 5.33. The minimum absolute atomic E-state index is 0.0254. The Morgan fingerprint density at radius 3 is 2.38 bits per heavy atom. The van der Waals surface area contributed by atoms with Crippen LogP contribution < -0.4 is 4.74 Å². The van der Waals surface area contributed by atoms with Gasteiger partial charge in [0.1, 0.15) is 12.4 Å². The van der Waals surface area contributed by atoms with Crippen molar-refractivity contribution in [1.29, 1.82) is 0 Å². The maximum atomic E-state index is 6.58. The van der Waals surface area contributed by atoms with Crippen molar-refractivity contribution >= 4 is 14.3 Å². The van der Waals surface area contributed by atoms with Gasteiger partial charge in [-0.15, -0.1) is 0 Å². The molecule has 3 heteroatoms. The number of para-hydroxylation sites is 1. The number of aliphatic imine (C=N–C) groups is 1. The summed E-state index contributed by atoms with van der Waals surface area (Å²) in [6.45, 7) is 9.87. The number of hydrogen-bond donors (Lipinski definition) is 0. The van der Waals surface area contributed by atoms with Crippen LogP contribution in [0.2, 0.25) is 0 Å². The molecule has 0 amide bonds. The van der Waals surface area contributed by atoms with E-state index in [1.54, 1.807) is 0 Å². The first-order valence-corrected chi connectivity index (χ1v) is 14.4. The van der Waals surface area contributed by atoms with Crippen LogP contribution in [0.15, 0.2) is 107 Å². The molecule has 0 saturated carbocycles. The normalized spacial score (nSPS) is 17.9. The lowest BCUT2D eigenvalue weighted by atomic mass is 9.91. The number of aryl methyl sites for hydroxylation is 1. The number of hydrogen-bond acceptors (Lipinski definition) is 2. The standard InChI is InChI=1S/C34H40NOP/c1-6-23-34(4,30-22-14-15-25(2)32(30)36-24-27-17-9-7-10-18-27)37-33-26(3)16-13-21-29(33)31(35-5)28-19-11-8-12-20-28/h7-15,17-22,26,37H,6,16,23-24H2,1-5H3/t26?,34-/m0/s1. The van der Waals surface area contributed by atoms with Crippen molar-refractivity contribution in [1.82, 2.24) is 0 Å². The van der Waals surface area contributed by atoms with Crippen molar-refractivity contribution in [2.45, 2.75) is 58.7 Å². The van der Waals surface area contributed by atoms with Crippen molar-refractivity contribution in [2.75, 3.05) is 7.05 Å². The van der Waals surface area contributed by atoms with Crippen LogP contribution in [0.4, 0.5) is 0 Å². The van der Waals surface area contributed by atoms with E-state index in [9.17, 15) is 0 Å². The Kier molecular flexibility index (Phi) is 9.17. The van der Waals surface area contributed by atoms with E-state index in [0.717, 1.165) is 30.7 Å². The van der Waals surface area contributed by atoms with Crippen LogP contribution in [-0.4, -0.2) is 12.8 Å². The lowest BCUT2D eigenvalue weighted by Crippen LogP contribution is -2.21. The quantitative estimate of drug-likeness (QED) is 0.197. The monoisotopic (exact) mass is 509 g/mol. The second kappa shape index (κ2) is 12.5. The van der Waals surface area contributed by atoms with Crippen LogP contribution in [-0.2, 0) is 11.8 Å². The summed E-state index contributed by atoms with van der Waals surface area (Å²) in [5.41, 5.74) is 7.29. The van der Waals surface area contributed by atoms with Crippen molar-refractivity contribution in [3.8, 4) is 5.75 Å². The molecule has 0 N–H and O–H groups in total. The van der Waals surface area contributed by atoms with Gasteiger partial charge in [-0.05, 0) is 42.1 Å². The number of nitrogens with zero attached hydrogens (tertiary/aromatic N) is 1. The molecule has 0 radical (unpaired) electrons. The zero-order chi connectivity index (χ0) is 26.3. The van der Waals surface area contributed by atoms with Gasteiger partial charge >= 0.3 is 0 Å². The smallest absolute Gasteiger partial charge is 0.126 e. The highest BCUT2D eigenvalue weighted by Gasteiger charge is 2.34. The highest BCUT2D eigenvalue weighted by atomic mass is 31.1. The molecule has 1 aliphatic carbocycles. The molecule has 1 aliphatic rings. The van der Waals surface area contributed by atoms with Gasteiger partial charge in [-0.1, -0.05) is 127 Å². The van der Waals surface area contributed by atoms with Crippen molar-refractivity contribution < 1.29 is 4.74 Å². The van der Waals surface area contributed by atoms with Crippen LogP contribution in [0, 0.1) is 12.8 Å². The topological polar surface area (TPSA) is 21.6 Å². The summed E-state index contributed by atoms with van der Waals surface area (Å²) in [7, 11) is 2.56. The van der Waals surface area contributed by atoms with E-state index in [2.05, 4.69) is 119 Å². The summed E-state index contributed by atoms with van der Waals surface area (Å²) in [6.07, 6.45) is 7.93. The summed E-state index contributed by atoms with van der Waals surface area (Å²) in [4.78, 5) is 4.80. The first-order valence-electron chi connectivity index (χ1n) is 13.4. The van der Waals surface area contributed by atoms with Gasteiger partial charge < -0.3 is 4.74 Å². The number of allylic oxidation sites excluding steroid dienone is 4. The fourth-order valence-corrected chi connectivity index (χ4v) is 7.33. The molecule has 0 saturated heterocycles. The Bertz CT molecular complexity index is 1280. The molecular formula is C34H40NOP. The summed E-state index contributed by atoms with van der Waals surface area (Å²) in [5.74, 6) is 1.52. The maximum Gasteiger partial charge on any atom is 0.126 e. The first-order chi connectivity index (χ1) is 18.0. The van der Waals surface area contributed by atoms with E-state index >= 15 is 0 Å². The molecule has 3 atom stereocenters. The van der Waals surface area contributed by atoms with E-state index < -0.39 is 0 Å². The van der Waals surface area contributed by atoms with Gasteiger partial charge in [-0.2, -0.15) is 0 Å². The molecule has 3 aromatic carbocycles. The molecule has 37 heavy (non-hydrogen) atoms. The Balaban J connectivity index is 1.76. The summed E-state index contributed by atoms with van der Waals surface area (Å²) >= 11 is 0. The SMILES string of the molecule is CCC[C@](C)(PC1=C(C(=NC)c2ccccc2)C=CCC1C)c1cccc(C)c1OCc1ccccc1. The molecule has 0 heterocycles. The summed E-state index contributed by atoms with van der Waals surface area (Å²) in [5, 5.41) is 1.50. The summed E-state index contributed by atoms with van der Waals surface area (Å²) < 4.78 is 6.58. The molecule has 2 unspecified atom stereocenters. The minimum atomic E-state index is -0.0254. The maximum absolute atomic E-state index is 6.58. The van der Waals surface area contributed by atoms with Crippen LogP contribution in [0.3, 0.4) is 0 Å². The first kappa shape index (κ1) is 27.1. The van der Waals surface area contributed by atoms with Gasteiger partial charge in [0.05, 0.1) is 5.71 Å². The van der Waals surface area contributed by atoms with Crippen molar-refractivity contribution in [2.24, 2.45) is 10.9 Å². The highest BCUT2D eigenvalue weighted by molar-refractivity contribution is 7.44. The Morgan fingerprint density at radius 1 is 1.00 bits per heavy atom. The van der Waals surface area contributed by atoms with E-state index in [-0.39, 0.29) is 5.16 Å². The van der Waals surface area contributed by atoms with Crippen LogP contribution in [0.25, 0.3) is 0 Å². The molecule has 4 rings (SSSR count). The Morgan fingerprint density at radius 2 is 1.70 bits per heavy atom. The van der Waals surface area contributed by atoms with Crippen LogP contribution in [0.5, 0.6) is 5.75 Å². The van der Waals surface area contributed by atoms with Crippen LogP contribution in [0.1, 0.15) is 62.3 Å². The Hall–Kier alpha value is -2.96. The zero-order valence-corrected chi connectivity index (χ0v) is 23.9. The Labute approximate surface area is 225 Å². The predicted molar refractivity (Wildman–Crippen MR) is 161 cm³/mol. The number of ether oxygens (including phenoxy) is 1. The third-order valence-corrected chi connectivity index (χ3v) is 9.38.